The van der Waals surface area contributed by atoms with Crippen LogP contribution in [0.5, 0.6) is 0 Å². The molecule has 2 rings (SSSR count). The molecule has 19 heavy (non-hydrogen) atoms. The van der Waals surface area contributed by atoms with E-state index in [9.17, 15) is 9.59 Å². The first-order valence-electron chi connectivity index (χ1n) is 5.89. The maximum absolute atomic E-state index is 12.1. The van der Waals surface area contributed by atoms with Gasteiger partial charge in [-0.2, -0.15) is 0 Å². The van der Waals surface area contributed by atoms with Crippen LogP contribution < -0.4 is 10.9 Å². The van der Waals surface area contributed by atoms with Crippen LogP contribution in [0, 0.1) is 12.8 Å². The summed E-state index contributed by atoms with van der Waals surface area (Å²) in [6, 6.07) is 0. The number of amides is 1. The van der Waals surface area contributed by atoms with Crippen molar-refractivity contribution < 1.29 is 9.90 Å². The Morgan fingerprint density at radius 2 is 2.37 bits per heavy atom. The molecule has 0 saturated heterocycles. The molecule has 0 radical (unpaired) electrons. The summed E-state index contributed by atoms with van der Waals surface area (Å²) < 4.78 is 1.38. The Bertz CT molecular complexity index is 662. The molecule has 0 aliphatic heterocycles. The Morgan fingerprint density at radius 3 is 3.05 bits per heavy atom. The summed E-state index contributed by atoms with van der Waals surface area (Å²) in [7, 11) is 0. The number of aromatic nitrogens is 2. The molecule has 1 atom stereocenters. The van der Waals surface area contributed by atoms with E-state index >= 15 is 0 Å². The third kappa shape index (κ3) is 2.82. The normalized spacial score (nSPS) is 12.6. The second-order valence-electron chi connectivity index (χ2n) is 4.47. The van der Waals surface area contributed by atoms with Crippen molar-refractivity contribution in [2.45, 2.75) is 13.8 Å². The minimum atomic E-state index is -0.462. The number of aryl methyl sites for hydroxylation is 1. The number of carbonyl (C=O) groups is 1. The Hall–Kier alpha value is -1.73. The average molecular weight is 281 g/mol. The number of fused-ring (bicyclic) bond motifs is 1. The van der Waals surface area contributed by atoms with Gasteiger partial charge >= 0.3 is 0 Å². The smallest absolute Gasteiger partial charge is 0.271 e. The van der Waals surface area contributed by atoms with E-state index in [-0.39, 0.29) is 23.6 Å². The molecule has 0 aromatic carbocycles. The molecule has 0 fully saturated rings. The third-order valence-corrected chi connectivity index (χ3v) is 3.60. The fourth-order valence-corrected chi connectivity index (χ4v) is 2.36. The van der Waals surface area contributed by atoms with E-state index in [1.54, 1.807) is 13.1 Å². The van der Waals surface area contributed by atoms with Gasteiger partial charge in [0, 0.05) is 30.4 Å². The van der Waals surface area contributed by atoms with E-state index in [1.807, 2.05) is 6.92 Å². The predicted octanol–water partition coefficient (Wildman–Crippen LogP) is 0.423. The van der Waals surface area contributed by atoms with Gasteiger partial charge in [-0.3, -0.25) is 14.0 Å². The monoisotopic (exact) mass is 281 g/mol. The molecule has 0 aliphatic carbocycles. The number of nitrogens with one attached hydrogen (secondary N) is 1. The molecule has 0 saturated carbocycles. The zero-order valence-corrected chi connectivity index (χ0v) is 11.5. The molecule has 6 nitrogen and oxygen atoms in total. The molecule has 0 bridgehead atoms. The van der Waals surface area contributed by atoms with Crippen LogP contribution in [-0.4, -0.2) is 33.6 Å². The lowest BCUT2D eigenvalue weighted by molar-refractivity contribution is 0.0940. The number of carbonyl (C=O) groups excluding carboxylic acids is 1. The summed E-state index contributed by atoms with van der Waals surface area (Å²) >= 11 is 1.40. The van der Waals surface area contributed by atoms with E-state index in [2.05, 4.69) is 10.3 Å². The van der Waals surface area contributed by atoms with Gasteiger partial charge in [-0.25, -0.2) is 4.98 Å². The van der Waals surface area contributed by atoms with Crippen molar-refractivity contribution in [2.24, 2.45) is 5.92 Å². The lowest BCUT2D eigenvalue weighted by atomic mass is 10.2. The van der Waals surface area contributed by atoms with Crippen molar-refractivity contribution >= 4 is 22.2 Å². The van der Waals surface area contributed by atoms with Gasteiger partial charge in [-0.15, -0.1) is 11.3 Å². The SMILES string of the molecule is Cc1cn2c(=O)c(C(=O)NCC(C)CO)cnc2s1. The summed E-state index contributed by atoms with van der Waals surface area (Å²) in [6.07, 6.45) is 2.97. The fraction of sp³-hybridized carbons (Fsp3) is 0.417. The van der Waals surface area contributed by atoms with Crippen LogP contribution in [0.3, 0.4) is 0 Å². The quantitative estimate of drug-likeness (QED) is 0.851. The first-order valence-corrected chi connectivity index (χ1v) is 6.71. The Balaban J connectivity index is 2.27. The number of thiazole rings is 1. The molecule has 2 N–H and O–H groups in total. The second-order valence-corrected chi connectivity index (χ2v) is 5.68. The molecule has 2 aromatic heterocycles. The third-order valence-electron chi connectivity index (χ3n) is 2.69. The molecule has 2 aromatic rings. The first kappa shape index (κ1) is 13.7. The average Bonchev–Trinajstić information content (AvgIpc) is 2.77. The number of aliphatic hydroxyl groups excluding tert-OH is 1. The fourth-order valence-electron chi connectivity index (χ4n) is 1.58. The van der Waals surface area contributed by atoms with Crippen LogP contribution in [0.25, 0.3) is 4.96 Å². The number of aliphatic hydroxyl groups is 1. The lowest BCUT2D eigenvalue weighted by Crippen LogP contribution is -2.34. The van der Waals surface area contributed by atoms with Crippen molar-refractivity contribution in [3.63, 3.8) is 0 Å². The lowest BCUT2D eigenvalue weighted by Gasteiger charge is -2.09. The molecule has 1 amide bonds. The van der Waals surface area contributed by atoms with Gasteiger partial charge in [-0.05, 0) is 12.8 Å². The zero-order valence-electron chi connectivity index (χ0n) is 10.7. The van der Waals surface area contributed by atoms with Crippen LogP contribution >= 0.6 is 11.3 Å². The highest BCUT2D eigenvalue weighted by Gasteiger charge is 2.14. The van der Waals surface area contributed by atoms with Gasteiger partial charge in [0.15, 0.2) is 4.96 Å². The highest BCUT2D eigenvalue weighted by Crippen LogP contribution is 2.12. The minimum Gasteiger partial charge on any atom is -0.396 e. The van der Waals surface area contributed by atoms with Gasteiger partial charge in [0.2, 0.25) is 0 Å². The van der Waals surface area contributed by atoms with Crippen LogP contribution in [0.4, 0.5) is 0 Å². The number of nitrogens with zero attached hydrogens (tertiary/aromatic N) is 2. The minimum absolute atomic E-state index is 0.0136. The maximum Gasteiger partial charge on any atom is 0.271 e. The van der Waals surface area contributed by atoms with Crippen LogP contribution in [-0.2, 0) is 0 Å². The topological polar surface area (TPSA) is 83.7 Å². The van der Waals surface area contributed by atoms with Crippen molar-refractivity contribution in [1.29, 1.82) is 0 Å². The Labute approximate surface area is 113 Å². The highest BCUT2D eigenvalue weighted by atomic mass is 32.1. The number of rotatable bonds is 4. The van der Waals surface area contributed by atoms with Gasteiger partial charge < -0.3 is 10.4 Å². The summed E-state index contributed by atoms with van der Waals surface area (Å²) in [5, 5.41) is 11.5. The van der Waals surface area contributed by atoms with E-state index in [1.165, 1.54) is 21.9 Å². The van der Waals surface area contributed by atoms with Crippen LogP contribution in [0.1, 0.15) is 22.2 Å². The van der Waals surface area contributed by atoms with Gasteiger partial charge in [0.1, 0.15) is 5.56 Å². The van der Waals surface area contributed by atoms with Crippen molar-refractivity contribution in [3.8, 4) is 0 Å². The van der Waals surface area contributed by atoms with Crippen molar-refractivity contribution in [3.05, 3.63) is 33.2 Å². The van der Waals surface area contributed by atoms with Crippen LogP contribution in [0.2, 0.25) is 0 Å². The maximum atomic E-state index is 12.1. The van der Waals surface area contributed by atoms with Crippen molar-refractivity contribution in [2.75, 3.05) is 13.2 Å². The number of hydrogen-bond acceptors (Lipinski definition) is 5. The number of hydrogen-bond donors (Lipinski definition) is 2. The summed E-state index contributed by atoms with van der Waals surface area (Å²) in [4.78, 5) is 29.6. The predicted molar refractivity (Wildman–Crippen MR) is 72.7 cm³/mol. The molecule has 2 heterocycles. The molecule has 0 aliphatic rings. The molecule has 1 unspecified atom stereocenters. The standard InChI is InChI=1S/C12H15N3O3S/c1-7(6-16)3-13-10(17)9-4-14-12-15(11(9)18)5-8(2)19-12/h4-5,7,16H,3,6H2,1-2H3,(H,13,17). The molecule has 0 spiro atoms. The van der Waals surface area contributed by atoms with Gasteiger partial charge in [-0.1, -0.05) is 6.92 Å². The van der Waals surface area contributed by atoms with Crippen LogP contribution in [0.15, 0.2) is 17.2 Å². The molecular weight excluding hydrogens is 266 g/mol. The summed E-state index contributed by atoms with van der Waals surface area (Å²) in [5.74, 6) is -0.511. The largest absolute Gasteiger partial charge is 0.396 e. The van der Waals surface area contributed by atoms with E-state index < -0.39 is 5.91 Å². The molecular formula is C12H15N3O3S. The zero-order chi connectivity index (χ0) is 14.0. The molecule has 102 valence electrons. The summed E-state index contributed by atoms with van der Waals surface area (Å²) in [6.45, 7) is 3.98. The van der Waals surface area contributed by atoms with Crippen molar-refractivity contribution in [1.82, 2.24) is 14.7 Å². The summed E-state index contributed by atoms with van der Waals surface area (Å²) in [5.41, 5.74) is -0.357. The Kier molecular flexibility index (Phi) is 3.96. The van der Waals surface area contributed by atoms with Gasteiger partial charge in [0.05, 0.1) is 0 Å². The Morgan fingerprint density at radius 1 is 1.63 bits per heavy atom. The van der Waals surface area contributed by atoms with E-state index in [4.69, 9.17) is 5.11 Å². The van der Waals surface area contributed by atoms with E-state index in [0.29, 0.717) is 11.5 Å². The highest BCUT2D eigenvalue weighted by molar-refractivity contribution is 7.16. The second kappa shape index (κ2) is 5.50. The molecule has 7 heteroatoms. The van der Waals surface area contributed by atoms with E-state index in [0.717, 1.165) is 4.88 Å². The first-order chi connectivity index (χ1) is 9.02. The van der Waals surface area contributed by atoms with Gasteiger partial charge in [0.25, 0.3) is 11.5 Å².